The van der Waals surface area contributed by atoms with Crippen LogP contribution in [0.25, 0.3) is 0 Å². The summed E-state index contributed by atoms with van der Waals surface area (Å²) in [5.74, 6) is 1.57. The summed E-state index contributed by atoms with van der Waals surface area (Å²) in [6, 6.07) is 0. The van der Waals surface area contributed by atoms with Crippen molar-refractivity contribution in [1.82, 2.24) is 9.97 Å². The van der Waals surface area contributed by atoms with Crippen molar-refractivity contribution in [1.29, 1.82) is 0 Å². The molecule has 0 N–H and O–H groups in total. The smallest absolute Gasteiger partial charge is 0.228 e. The highest BCUT2D eigenvalue weighted by Gasteiger charge is 2.31. The maximum atomic E-state index is 11.9. The first-order chi connectivity index (χ1) is 8.56. The van der Waals surface area contributed by atoms with E-state index in [-0.39, 0.29) is 16.9 Å². The fraction of sp³-hybridized carbons (Fsp3) is 0.500. The second-order valence-electron chi connectivity index (χ2n) is 4.40. The molecule has 96 valence electrons. The number of hydrogen-bond donors (Lipinski definition) is 0. The molecule has 1 fully saturated rings. The number of carbonyl (C=O) groups excluding carboxylic acids is 2. The van der Waals surface area contributed by atoms with E-state index in [2.05, 4.69) is 9.97 Å². The van der Waals surface area contributed by atoms with Gasteiger partial charge in [-0.15, -0.1) is 0 Å². The van der Waals surface area contributed by atoms with Crippen LogP contribution in [0.2, 0.25) is 0 Å². The molecule has 5 nitrogen and oxygen atoms in total. The third-order valence-electron chi connectivity index (χ3n) is 2.75. The molecule has 0 radical (unpaired) electrons. The number of amides is 1. The predicted octanol–water partition coefficient (Wildman–Crippen LogP) is 1.42. The summed E-state index contributed by atoms with van der Waals surface area (Å²) in [5.41, 5.74) is 0.793. The topological polar surface area (TPSA) is 63.2 Å². The second-order valence-corrected chi connectivity index (χ2v) is 5.59. The minimum absolute atomic E-state index is 0.0593. The maximum absolute atomic E-state index is 11.9. The van der Waals surface area contributed by atoms with E-state index in [0.717, 1.165) is 5.69 Å². The summed E-state index contributed by atoms with van der Waals surface area (Å²) in [6.45, 7) is 4.02. The minimum atomic E-state index is 0.0593. The molecule has 6 heteroatoms. The largest absolute Gasteiger partial charge is 0.295 e. The zero-order valence-electron chi connectivity index (χ0n) is 10.4. The molecule has 0 bridgehead atoms. The Hall–Kier alpha value is -1.43. The summed E-state index contributed by atoms with van der Waals surface area (Å²) in [5, 5.41) is 0.0937. The first-order valence-corrected chi connectivity index (χ1v) is 6.77. The molecule has 0 aliphatic carbocycles. The number of aryl methyl sites for hydroxylation is 1. The molecule has 1 saturated heterocycles. The summed E-state index contributed by atoms with van der Waals surface area (Å²) in [7, 11) is 0. The average Bonchev–Trinajstić information content (AvgIpc) is 2.68. The van der Waals surface area contributed by atoms with Crippen molar-refractivity contribution in [2.45, 2.75) is 20.3 Å². The molecule has 1 aliphatic rings. The van der Waals surface area contributed by atoms with Crippen LogP contribution in [0.1, 0.15) is 19.0 Å². The highest BCUT2D eigenvalue weighted by atomic mass is 32.2. The van der Waals surface area contributed by atoms with Crippen molar-refractivity contribution in [3.63, 3.8) is 0 Å². The Balaban J connectivity index is 2.03. The fourth-order valence-corrected chi connectivity index (χ4v) is 2.62. The van der Waals surface area contributed by atoms with Crippen molar-refractivity contribution >= 4 is 28.6 Å². The van der Waals surface area contributed by atoms with Crippen LogP contribution in [0.3, 0.4) is 0 Å². The highest BCUT2D eigenvalue weighted by Crippen LogP contribution is 2.25. The van der Waals surface area contributed by atoms with Crippen molar-refractivity contribution in [3.8, 4) is 0 Å². The molecule has 0 aromatic carbocycles. The first-order valence-electron chi connectivity index (χ1n) is 5.78. The van der Waals surface area contributed by atoms with Crippen molar-refractivity contribution in [2.24, 2.45) is 5.92 Å². The number of carbonyl (C=O) groups is 2. The summed E-state index contributed by atoms with van der Waals surface area (Å²) >= 11 is 1.28. The Kier molecular flexibility index (Phi) is 3.96. The van der Waals surface area contributed by atoms with E-state index >= 15 is 0 Å². The number of aromatic nitrogens is 2. The number of anilines is 1. The van der Waals surface area contributed by atoms with Gasteiger partial charge in [-0.1, -0.05) is 11.8 Å². The first kappa shape index (κ1) is 13.0. The Bertz CT molecular complexity index is 478. The standard InChI is InChI=1S/C12H15N3O2S/c1-8-4-13-5-11(14-8)15-6-10(3-12(15)17)7-18-9(2)16/h4-5,10H,3,6-7H2,1-2H3. The number of nitrogens with zero attached hydrogens (tertiary/aromatic N) is 3. The van der Waals surface area contributed by atoms with E-state index in [1.54, 1.807) is 24.2 Å². The number of rotatable bonds is 3. The molecule has 1 unspecified atom stereocenters. The Morgan fingerprint density at radius 2 is 2.33 bits per heavy atom. The van der Waals surface area contributed by atoms with Gasteiger partial charge in [-0.3, -0.25) is 19.5 Å². The molecular weight excluding hydrogens is 250 g/mol. The third-order valence-corrected chi connectivity index (χ3v) is 3.79. The SMILES string of the molecule is CC(=O)SCC1CC(=O)N(c2cncc(C)n2)C1. The van der Waals surface area contributed by atoms with Gasteiger partial charge in [-0.25, -0.2) is 4.98 Å². The van der Waals surface area contributed by atoms with Gasteiger partial charge in [0.25, 0.3) is 0 Å². The van der Waals surface area contributed by atoms with Gasteiger partial charge in [0.1, 0.15) is 0 Å². The molecule has 2 rings (SSSR count). The number of thioether (sulfide) groups is 1. The second kappa shape index (κ2) is 5.48. The molecule has 1 amide bonds. The molecule has 1 aromatic rings. The van der Waals surface area contributed by atoms with Crippen LogP contribution in [0.15, 0.2) is 12.4 Å². The molecule has 18 heavy (non-hydrogen) atoms. The molecular formula is C12H15N3O2S. The molecule has 2 heterocycles. The Morgan fingerprint density at radius 1 is 1.56 bits per heavy atom. The quantitative estimate of drug-likeness (QED) is 0.827. The van der Waals surface area contributed by atoms with E-state index in [0.29, 0.717) is 24.5 Å². The van der Waals surface area contributed by atoms with Crippen LogP contribution >= 0.6 is 11.8 Å². The van der Waals surface area contributed by atoms with Gasteiger partial charge < -0.3 is 0 Å². The minimum Gasteiger partial charge on any atom is -0.295 e. The van der Waals surface area contributed by atoms with E-state index in [1.807, 2.05) is 6.92 Å². The summed E-state index contributed by atoms with van der Waals surface area (Å²) in [6.07, 6.45) is 3.74. The van der Waals surface area contributed by atoms with E-state index < -0.39 is 0 Å². The lowest BCUT2D eigenvalue weighted by molar-refractivity contribution is -0.117. The van der Waals surface area contributed by atoms with Crippen molar-refractivity contribution in [2.75, 3.05) is 17.2 Å². The van der Waals surface area contributed by atoms with E-state index in [4.69, 9.17) is 0 Å². The lowest BCUT2D eigenvalue weighted by Gasteiger charge is -2.15. The zero-order chi connectivity index (χ0) is 13.1. The van der Waals surface area contributed by atoms with Crippen molar-refractivity contribution < 1.29 is 9.59 Å². The molecule has 0 saturated carbocycles. The fourth-order valence-electron chi connectivity index (χ4n) is 1.93. The normalized spacial score (nSPS) is 19.3. The molecule has 0 spiro atoms. The molecule has 1 aromatic heterocycles. The van der Waals surface area contributed by atoms with Crippen LogP contribution in [0.4, 0.5) is 5.82 Å². The Labute approximate surface area is 110 Å². The lowest BCUT2D eigenvalue weighted by atomic mass is 10.1. The van der Waals surface area contributed by atoms with Crippen LogP contribution in [0, 0.1) is 12.8 Å². The van der Waals surface area contributed by atoms with Gasteiger partial charge in [0.2, 0.25) is 5.91 Å². The monoisotopic (exact) mass is 265 g/mol. The van der Waals surface area contributed by atoms with Crippen LogP contribution < -0.4 is 4.90 Å². The third kappa shape index (κ3) is 3.07. The molecule has 1 aliphatic heterocycles. The van der Waals surface area contributed by atoms with E-state index in [9.17, 15) is 9.59 Å². The zero-order valence-corrected chi connectivity index (χ0v) is 11.2. The van der Waals surface area contributed by atoms with Crippen LogP contribution in [-0.4, -0.2) is 33.3 Å². The highest BCUT2D eigenvalue weighted by molar-refractivity contribution is 8.13. The van der Waals surface area contributed by atoms with Gasteiger partial charge in [-0.05, 0) is 12.8 Å². The Morgan fingerprint density at radius 3 is 3.00 bits per heavy atom. The predicted molar refractivity (Wildman–Crippen MR) is 70.4 cm³/mol. The lowest BCUT2D eigenvalue weighted by Crippen LogP contribution is -2.26. The van der Waals surface area contributed by atoms with E-state index in [1.165, 1.54) is 11.8 Å². The van der Waals surface area contributed by atoms with Gasteiger partial charge in [0.05, 0.1) is 11.9 Å². The van der Waals surface area contributed by atoms with Crippen LogP contribution in [-0.2, 0) is 9.59 Å². The van der Waals surface area contributed by atoms with Gasteiger partial charge in [0.15, 0.2) is 10.9 Å². The number of hydrogen-bond acceptors (Lipinski definition) is 5. The van der Waals surface area contributed by atoms with Gasteiger partial charge in [0, 0.05) is 31.8 Å². The summed E-state index contributed by atoms with van der Waals surface area (Å²) in [4.78, 5) is 32.8. The van der Waals surface area contributed by atoms with Crippen molar-refractivity contribution in [3.05, 3.63) is 18.1 Å². The average molecular weight is 265 g/mol. The van der Waals surface area contributed by atoms with Gasteiger partial charge in [-0.2, -0.15) is 0 Å². The summed E-state index contributed by atoms with van der Waals surface area (Å²) < 4.78 is 0. The molecule has 1 atom stereocenters. The van der Waals surface area contributed by atoms with Crippen LogP contribution in [0.5, 0.6) is 0 Å². The maximum Gasteiger partial charge on any atom is 0.228 e. The van der Waals surface area contributed by atoms with Gasteiger partial charge >= 0.3 is 0 Å².